The number of rotatable bonds is 3. The maximum atomic E-state index is 14.1. The molecule has 94 valence electrons. The summed E-state index contributed by atoms with van der Waals surface area (Å²) in [6, 6.07) is 10.0. The summed E-state index contributed by atoms with van der Waals surface area (Å²) in [4.78, 5) is 4.51. The van der Waals surface area contributed by atoms with E-state index in [0.29, 0.717) is 19.3 Å². The molecule has 2 N–H and O–H groups in total. The fourth-order valence-corrected chi connectivity index (χ4v) is 3.36. The summed E-state index contributed by atoms with van der Waals surface area (Å²) < 4.78 is 14.1. The molecule has 18 heavy (non-hydrogen) atoms. The van der Waals surface area contributed by atoms with Crippen LogP contribution in [0.5, 0.6) is 0 Å². The molecule has 1 fully saturated rings. The van der Waals surface area contributed by atoms with E-state index in [1.165, 1.54) is 11.3 Å². The maximum absolute atomic E-state index is 14.1. The molecule has 1 aliphatic carbocycles. The molecule has 0 atom stereocenters. The standard InChI is InChI=1S/C14H15FN2S/c15-14(6-11(16)7-14)8-13-17-12(9-18-13)10-4-2-1-3-5-10/h1-5,9,11H,6-8,16H2. The van der Waals surface area contributed by atoms with Crippen LogP contribution in [0.2, 0.25) is 0 Å². The van der Waals surface area contributed by atoms with Crippen molar-refractivity contribution in [3.8, 4) is 11.3 Å². The van der Waals surface area contributed by atoms with Gasteiger partial charge in [0, 0.05) is 23.4 Å². The highest BCUT2D eigenvalue weighted by molar-refractivity contribution is 7.09. The summed E-state index contributed by atoms with van der Waals surface area (Å²) in [5.74, 6) is 0. The van der Waals surface area contributed by atoms with Crippen molar-refractivity contribution in [3.05, 3.63) is 40.7 Å². The molecule has 2 nitrogen and oxygen atoms in total. The molecule has 1 aromatic carbocycles. The number of benzene rings is 1. The molecule has 0 bridgehead atoms. The van der Waals surface area contributed by atoms with E-state index in [4.69, 9.17) is 5.73 Å². The highest BCUT2D eigenvalue weighted by Crippen LogP contribution is 2.39. The van der Waals surface area contributed by atoms with Crippen molar-refractivity contribution < 1.29 is 4.39 Å². The minimum absolute atomic E-state index is 0.0311. The van der Waals surface area contributed by atoms with E-state index in [2.05, 4.69) is 4.98 Å². The molecule has 1 aromatic heterocycles. The minimum Gasteiger partial charge on any atom is -0.327 e. The molecule has 0 spiro atoms. The number of aromatic nitrogens is 1. The van der Waals surface area contributed by atoms with Crippen LogP contribution in [0.25, 0.3) is 11.3 Å². The SMILES string of the molecule is NC1CC(F)(Cc2nc(-c3ccccc3)cs2)C1. The number of halogens is 1. The Morgan fingerprint density at radius 1 is 1.33 bits per heavy atom. The third-order valence-corrected chi connectivity index (χ3v) is 4.19. The van der Waals surface area contributed by atoms with E-state index < -0.39 is 5.67 Å². The fourth-order valence-electron chi connectivity index (χ4n) is 2.43. The summed E-state index contributed by atoms with van der Waals surface area (Å²) >= 11 is 1.53. The van der Waals surface area contributed by atoms with E-state index in [9.17, 15) is 4.39 Å². The lowest BCUT2D eigenvalue weighted by Gasteiger charge is -2.38. The summed E-state index contributed by atoms with van der Waals surface area (Å²) in [7, 11) is 0. The Bertz CT molecular complexity index is 532. The molecular formula is C14H15FN2S. The van der Waals surface area contributed by atoms with Crippen LogP contribution in [0.4, 0.5) is 4.39 Å². The van der Waals surface area contributed by atoms with E-state index in [-0.39, 0.29) is 6.04 Å². The Morgan fingerprint density at radius 3 is 2.72 bits per heavy atom. The van der Waals surface area contributed by atoms with Crippen molar-refractivity contribution in [2.45, 2.75) is 31.0 Å². The van der Waals surface area contributed by atoms with Crippen LogP contribution in [0.3, 0.4) is 0 Å². The lowest BCUT2D eigenvalue weighted by molar-refractivity contribution is 0.0444. The van der Waals surface area contributed by atoms with Crippen LogP contribution >= 0.6 is 11.3 Å². The second kappa shape index (κ2) is 4.44. The first-order valence-electron chi connectivity index (χ1n) is 6.09. The number of thiazole rings is 1. The topological polar surface area (TPSA) is 38.9 Å². The van der Waals surface area contributed by atoms with Gasteiger partial charge in [-0.05, 0) is 12.8 Å². The van der Waals surface area contributed by atoms with Gasteiger partial charge in [-0.2, -0.15) is 0 Å². The zero-order chi connectivity index (χ0) is 12.6. The van der Waals surface area contributed by atoms with Crippen molar-refractivity contribution in [3.63, 3.8) is 0 Å². The smallest absolute Gasteiger partial charge is 0.120 e. The van der Waals surface area contributed by atoms with Crippen molar-refractivity contribution in [2.24, 2.45) is 5.73 Å². The number of alkyl halides is 1. The highest BCUT2D eigenvalue weighted by atomic mass is 32.1. The van der Waals surface area contributed by atoms with Gasteiger partial charge in [0.2, 0.25) is 0 Å². The van der Waals surface area contributed by atoms with Gasteiger partial charge in [0.25, 0.3) is 0 Å². The first-order valence-corrected chi connectivity index (χ1v) is 6.97. The minimum atomic E-state index is -1.12. The summed E-state index contributed by atoms with van der Waals surface area (Å²) in [6.07, 6.45) is 1.33. The van der Waals surface area contributed by atoms with E-state index >= 15 is 0 Å². The Balaban J connectivity index is 1.74. The predicted molar refractivity (Wildman–Crippen MR) is 72.3 cm³/mol. The van der Waals surface area contributed by atoms with Crippen LogP contribution in [0.15, 0.2) is 35.7 Å². The lowest BCUT2D eigenvalue weighted by atomic mass is 9.76. The van der Waals surface area contributed by atoms with Gasteiger partial charge < -0.3 is 5.73 Å². The first-order chi connectivity index (χ1) is 8.65. The van der Waals surface area contributed by atoms with Crippen LogP contribution < -0.4 is 5.73 Å². The van der Waals surface area contributed by atoms with E-state index in [1.807, 2.05) is 35.7 Å². The van der Waals surface area contributed by atoms with Crippen molar-refractivity contribution in [1.82, 2.24) is 4.98 Å². The first kappa shape index (κ1) is 11.8. The fraction of sp³-hybridized carbons (Fsp3) is 0.357. The summed E-state index contributed by atoms with van der Waals surface area (Å²) in [6.45, 7) is 0. The van der Waals surface area contributed by atoms with Crippen LogP contribution in [-0.4, -0.2) is 16.7 Å². The van der Waals surface area contributed by atoms with E-state index in [0.717, 1.165) is 16.3 Å². The number of nitrogens with zero attached hydrogens (tertiary/aromatic N) is 1. The average Bonchev–Trinajstić information content (AvgIpc) is 2.76. The van der Waals surface area contributed by atoms with Crippen molar-refractivity contribution in [2.75, 3.05) is 0 Å². The highest BCUT2D eigenvalue weighted by Gasteiger charge is 2.43. The Hall–Kier alpha value is -1.26. The average molecular weight is 262 g/mol. The molecular weight excluding hydrogens is 247 g/mol. The third kappa shape index (κ3) is 2.31. The predicted octanol–water partition coefficient (Wildman–Crippen LogP) is 3.18. The van der Waals surface area contributed by atoms with E-state index in [1.54, 1.807) is 0 Å². The molecule has 0 aliphatic heterocycles. The number of hydrogen-bond acceptors (Lipinski definition) is 3. The van der Waals surface area contributed by atoms with Crippen LogP contribution in [-0.2, 0) is 6.42 Å². The van der Waals surface area contributed by atoms with Gasteiger partial charge in [0.1, 0.15) is 5.67 Å². The van der Waals surface area contributed by atoms with Crippen molar-refractivity contribution in [1.29, 1.82) is 0 Å². The summed E-state index contributed by atoms with van der Waals surface area (Å²) in [5.41, 5.74) is 6.54. The molecule has 3 rings (SSSR count). The quantitative estimate of drug-likeness (QED) is 0.922. The van der Waals surface area contributed by atoms with Crippen LogP contribution in [0, 0.1) is 0 Å². The normalized spacial score (nSPS) is 26.9. The molecule has 0 radical (unpaired) electrons. The largest absolute Gasteiger partial charge is 0.327 e. The lowest BCUT2D eigenvalue weighted by Crippen LogP contribution is -2.49. The van der Waals surface area contributed by atoms with Gasteiger partial charge in [0.15, 0.2) is 0 Å². The number of hydrogen-bond donors (Lipinski definition) is 1. The Kier molecular flexibility index (Phi) is 2.92. The van der Waals surface area contributed by atoms with Gasteiger partial charge >= 0.3 is 0 Å². The van der Waals surface area contributed by atoms with Gasteiger partial charge in [-0.25, -0.2) is 9.37 Å². The van der Waals surface area contributed by atoms with Gasteiger partial charge in [-0.1, -0.05) is 30.3 Å². The molecule has 0 unspecified atom stereocenters. The monoisotopic (exact) mass is 262 g/mol. The molecule has 2 aromatic rings. The number of nitrogens with two attached hydrogens (primary N) is 1. The Morgan fingerprint density at radius 2 is 2.06 bits per heavy atom. The maximum Gasteiger partial charge on any atom is 0.120 e. The van der Waals surface area contributed by atoms with Gasteiger partial charge in [-0.3, -0.25) is 0 Å². The second-order valence-corrected chi connectivity index (χ2v) is 5.93. The van der Waals surface area contributed by atoms with Crippen LogP contribution in [0.1, 0.15) is 17.8 Å². The summed E-state index contributed by atoms with van der Waals surface area (Å²) in [5, 5.41) is 2.86. The van der Waals surface area contributed by atoms with Crippen molar-refractivity contribution >= 4 is 11.3 Å². The Labute approximate surface area is 110 Å². The third-order valence-electron chi connectivity index (χ3n) is 3.35. The van der Waals surface area contributed by atoms with Gasteiger partial charge in [-0.15, -0.1) is 11.3 Å². The molecule has 1 saturated carbocycles. The zero-order valence-electron chi connectivity index (χ0n) is 9.97. The molecule has 0 amide bonds. The molecule has 1 aliphatic rings. The van der Waals surface area contributed by atoms with Gasteiger partial charge in [0.05, 0.1) is 10.7 Å². The molecule has 1 heterocycles. The molecule has 4 heteroatoms. The molecule has 0 saturated heterocycles. The zero-order valence-corrected chi connectivity index (χ0v) is 10.8. The second-order valence-electron chi connectivity index (χ2n) is 4.99.